The molecule has 4 N–H and O–H groups in total. The molecule has 8 nitrogen and oxygen atoms in total. The molecular weight excluding hydrogens is 278 g/mol. The third kappa shape index (κ3) is 10.5. The van der Waals surface area contributed by atoms with Crippen LogP contribution in [0, 0.1) is 0 Å². The van der Waals surface area contributed by atoms with E-state index in [4.69, 9.17) is 15.2 Å². The monoisotopic (exact) mass is 303 g/mol. The van der Waals surface area contributed by atoms with Gasteiger partial charge in [-0.25, -0.2) is 9.59 Å². The van der Waals surface area contributed by atoms with Crippen LogP contribution >= 0.6 is 0 Å². The number of hydrogen-bond donors (Lipinski definition) is 3. The normalized spacial score (nSPS) is 13.0. The molecule has 0 rings (SSSR count). The maximum Gasteiger partial charge on any atom is 0.408 e. The summed E-state index contributed by atoms with van der Waals surface area (Å²) in [4.78, 5) is 34.3. The predicted octanol–water partition coefficient (Wildman–Crippen LogP) is 0.890. The quantitative estimate of drug-likeness (QED) is 0.712. The van der Waals surface area contributed by atoms with Crippen molar-refractivity contribution in [2.24, 2.45) is 5.73 Å². The van der Waals surface area contributed by atoms with E-state index in [1.807, 2.05) is 0 Å². The van der Waals surface area contributed by atoms with Crippen LogP contribution in [0.15, 0.2) is 0 Å². The van der Waals surface area contributed by atoms with Gasteiger partial charge in [0.1, 0.15) is 17.2 Å². The van der Waals surface area contributed by atoms with Gasteiger partial charge >= 0.3 is 12.2 Å². The molecule has 3 amide bonds. The number of carbonyl (C=O) groups excluding carboxylic acids is 3. The van der Waals surface area contributed by atoms with Crippen LogP contribution in [0.5, 0.6) is 0 Å². The molecule has 0 saturated heterocycles. The van der Waals surface area contributed by atoms with Crippen LogP contribution in [0.4, 0.5) is 9.59 Å². The first kappa shape index (κ1) is 19.0. The Balaban J connectivity index is 4.42. The lowest BCUT2D eigenvalue weighted by atomic mass is 10.2. The summed E-state index contributed by atoms with van der Waals surface area (Å²) in [5, 5.41) is 4.64. The van der Waals surface area contributed by atoms with E-state index in [1.165, 1.54) is 0 Å². The van der Waals surface area contributed by atoms with Crippen molar-refractivity contribution in [3.63, 3.8) is 0 Å². The summed E-state index contributed by atoms with van der Waals surface area (Å²) in [7, 11) is 0. The molecule has 0 aliphatic heterocycles. The fourth-order valence-electron chi connectivity index (χ4n) is 1.17. The third-order valence-electron chi connectivity index (χ3n) is 1.88. The van der Waals surface area contributed by atoms with Gasteiger partial charge in [-0.3, -0.25) is 4.79 Å². The van der Waals surface area contributed by atoms with Gasteiger partial charge in [-0.05, 0) is 41.5 Å². The molecule has 1 atom stereocenters. The van der Waals surface area contributed by atoms with Crippen LogP contribution in [0.2, 0.25) is 0 Å². The maximum absolute atomic E-state index is 11.6. The highest BCUT2D eigenvalue weighted by molar-refractivity contribution is 5.85. The average molecular weight is 303 g/mol. The number of nitrogens with two attached hydrogens (primary N) is 1. The predicted molar refractivity (Wildman–Crippen MR) is 76.6 cm³/mol. The number of carbonyl (C=O) groups is 3. The van der Waals surface area contributed by atoms with Gasteiger partial charge in [-0.2, -0.15) is 0 Å². The maximum atomic E-state index is 11.6. The Labute approximate surface area is 124 Å². The second kappa shape index (κ2) is 7.14. The number of rotatable bonds is 4. The zero-order chi connectivity index (χ0) is 16.8. The first-order valence-corrected chi connectivity index (χ1v) is 6.56. The van der Waals surface area contributed by atoms with Crippen molar-refractivity contribution in [3.05, 3.63) is 0 Å². The minimum absolute atomic E-state index is 0.191. The van der Waals surface area contributed by atoms with Crippen molar-refractivity contribution >= 4 is 18.1 Å². The second-order valence-corrected chi connectivity index (χ2v) is 6.48. The molecule has 0 fully saturated rings. The Morgan fingerprint density at radius 1 is 0.952 bits per heavy atom. The minimum atomic E-state index is -1.09. The van der Waals surface area contributed by atoms with Crippen LogP contribution in [0.3, 0.4) is 0 Å². The Hall–Kier alpha value is -1.99. The van der Waals surface area contributed by atoms with E-state index in [-0.39, 0.29) is 6.54 Å². The highest BCUT2D eigenvalue weighted by Gasteiger charge is 2.24. The molecule has 0 aromatic heterocycles. The zero-order valence-electron chi connectivity index (χ0n) is 13.4. The van der Waals surface area contributed by atoms with Gasteiger partial charge < -0.3 is 25.8 Å². The largest absolute Gasteiger partial charge is 0.444 e. The SMILES string of the molecule is CC(C)(C)OC(=O)NC[C@@H](NC(=O)OC(C)(C)C)C(N)=O. The number of amides is 3. The topological polar surface area (TPSA) is 120 Å². The molecule has 0 aliphatic rings. The molecular formula is C13H25N3O5. The molecule has 8 heteroatoms. The molecule has 0 aromatic rings. The smallest absolute Gasteiger partial charge is 0.408 e. The van der Waals surface area contributed by atoms with Crippen LogP contribution in [-0.4, -0.2) is 41.9 Å². The van der Waals surface area contributed by atoms with E-state index in [9.17, 15) is 14.4 Å². The number of primary amides is 1. The van der Waals surface area contributed by atoms with Crippen molar-refractivity contribution in [1.29, 1.82) is 0 Å². The van der Waals surface area contributed by atoms with E-state index in [0.717, 1.165) is 0 Å². The molecule has 0 heterocycles. The summed E-state index contributed by atoms with van der Waals surface area (Å²) in [6, 6.07) is -1.09. The van der Waals surface area contributed by atoms with Crippen LogP contribution < -0.4 is 16.4 Å². The second-order valence-electron chi connectivity index (χ2n) is 6.48. The van der Waals surface area contributed by atoms with Crippen molar-refractivity contribution < 1.29 is 23.9 Å². The van der Waals surface area contributed by atoms with Gasteiger partial charge in [0.25, 0.3) is 0 Å². The van der Waals surface area contributed by atoms with Crippen molar-refractivity contribution in [3.8, 4) is 0 Å². The van der Waals surface area contributed by atoms with E-state index in [0.29, 0.717) is 0 Å². The lowest BCUT2D eigenvalue weighted by molar-refractivity contribution is -0.119. The van der Waals surface area contributed by atoms with E-state index >= 15 is 0 Å². The Morgan fingerprint density at radius 3 is 1.76 bits per heavy atom. The Morgan fingerprint density at radius 2 is 1.38 bits per heavy atom. The van der Waals surface area contributed by atoms with E-state index < -0.39 is 35.3 Å². The molecule has 0 spiro atoms. The lowest BCUT2D eigenvalue weighted by Crippen LogP contribution is -2.52. The summed E-state index contributed by atoms with van der Waals surface area (Å²) < 4.78 is 10.0. The molecule has 0 saturated carbocycles. The van der Waals surface area contributed by atoms with Crippen molar-refractivity contribution in [1.82, 2.24) is 10.6 Å². The molecule has 0 aromatic carbocycles. The Bertz CT molecular complexity index is 396. The molecule has 0 aliphatic carbocycles. The van der Waals surface area contributed by atoms with Gasteiger partial charge in [0.15, 0.2) is 0 Å². The number of nitrogens with one attached hydrogen (secondary N) is 2. The summed E-state index contributed by atoms with van der Waals surface area (Å²) in [6.07, 6.45) is -1.50. The molecule has 0 unspecified atom stereocenters. The van der Waals surface area contributed by atoms with Crippen LogP contribution in [0.1, 0.15) is 41.5 Å². The van der Waals surface area contributed by atoms with Crippen LogP contribution in [0.25, 0.3) is 0 Å². The minimum Gasteiger partial charge on any atom is -0.444 e. The van der Waals surface area contributed by atoms with Gasteiger partial charge in [0, 0.05) is 0 Å². The molecule has 0 bridgehead atoms. The van der Waals surface area contributed by atoms with Crippen molar-refractivity contribution in [2.45, 2.75) is 58.8 Å². The summed E-state index contributed by atoms with van der Waals surface area (Å²) in [6.45, 7) is 9.98. The average Bonchev–Trinajstić information content (AvgIpc) is 2.18. The Kier molecular flexibility index (Phi) is 6.47. The van der Waals surface area contributed by atoms with Gasteiger partial charge in [-0.15, -0.1) is 0 Å². The standard InChI is InChI=1S/C13H25N3O5/c1-12(2,3)20-10(18)15-7-8(9(14)17)16-11(19)21-13(4,5)6/h8H,7H2,1-6H3,(H2,14,17)(H,15,18)(H,16,19)/t8-/m1/s1. The highest BCUT2D eigenvalue weighted by Crippen LogP contribution is 2.07. The zero-order valence-corrected chi connectivity index (χ0v) is 13.4. The van der Waals surface area contributed by atoms with E-state index in [2.05, 4.69) is 10.6 Å². The molecule has 21 heavy (non-hydrogen) atoms. The van der Waals surface area contributed by atoms with Gasteiger partial charge in [0.2, 0.25) is 5.91 Å². The molecule has 0 radical (unpaired) electrons. The highest BCUT2D eigenvalue weighted by atomic mass is 16.6. The molecule has 122 valence electrons. The fraction of sp³-hybridized carbons (Fsp3) is 0.769. The summed E-state index contributed by atoms with van der Waals surface area (Å²) in [5.41, 5.74) is 3.80. The van der Waals surface area contributed by atoms with Gasteiger partial charge in [-0.1, -0.05) is 0 Å². The first-order chi connectivity index (χ1) is 9.30. The third-order valence-corrected chi connectivity index (χ3v) is 1.88. The summed E-state index contributed by atoms with van der Waals surface area (Å²) >= 11 is 0. The van der Waals surface area contributed by atoms with Crippen molar-refractivity contribution in [2.75, 3.05) is 6.54 Å². The first-order valence-electron chi connectivity index (χ1n) is 6.56. The van der Waals surface area contributed by atoms with Gasteiger partial charge in [0.05, 0.1) is 6.54 Å². The van der Waals surface area contributed by atoms with E-state index in [1.54, 1.807) is 41.5 Å². The summed E-state index contributed by atoms with van der Waals surface area (Å²) in [5.74, 6) is -0.795. The van der Waals surface area contributed by atoms with Crippen LogP contribution in [-0.2, 0) is 14.3 Å². The number of alkyl carbamates (subject to hydrolysis) is 2. The fourth-order valence-corrected chi connectivity index (χ4v) is 1.17. The number of hydrogen-bond acceptors (Lipinski definition) is 5. The lowest BCUT2D eigenvalue weighted by Gasteiger charge is -2.23. The number of ether oxygens (including phenoxy) is 2.